The molecule has 1 aliphatic rings. The summed E-state index contributed by atoms with van der Waals surface area (Å²) < 4.78 is 1.62. The predicted octanol–water partition coefficient (Wildman–Crippen LogP) is 0.945. The van der Waals surface area contributed by atoms with E-state index in [1.165, 1.54) is 0 Å². The minimum absolute atomic E-state index is 0.0311. The van der Waals surface area contributed by atoms with Crippen LogP contribution >= 0.6 is 0 Å². The van der Waals surface area contributed by atoms with Crippen LogP contribution in [0.3, 0.4) is 0 Å². The zero-order valence-electron chi connectivity index (χ0n) is 10.4. The second kappa shape index (κ2) is 4.47. The van der Waals surface area contributed by atoms with Crippen molar-refractivity contribution in [3.8, 4) is 5.82 Å². The molecule has 0 spiro atoms. The normalized spacial score (nSPS) is 16.1. The van der Waals surface area contributed by atoms with E-state index in [9.17, 15) is 4.79 Å². The fourth-order valence-electron chi connectivity index (χ4n) is 2.00. The number of hydrogen-bond acceptors (Lipinski definition) is 4. The van der Waals surface area contributed by atoms with E-state index in [-0.39, 0.29) is 11.3 Å². The van der Waals surface area contributed by atoms with Crippen molar-refractivity contribution >= 4 is 11.6 Å². The Morgan fingerprint density at radius 2 is 2.26 bits per heavy atom. The van der Waals surface area contributed by atoms with Crippen molar-refractivity contribution in [2.75, 3.05) is 11.9 Å². The first-order valence-electron chi connectivity index (χ1n) is 6.22. The van der Waals surface area contributed by atoms with Crippen molar-refractivity contribution in [2.45, 2.75) is 12.8 Å². The summed E-state index contributed by atoms with van der Waals surface area (Å²) >= 11 is 0. The van der Waals surface area contributed by atoms with Crippen LogP contribution in [0, 0.1) is 5.41 Å². The molecule has 0 radical (unpaired) electrons. The smallest absolute Gasteiger partial charge is 0.231 e. The van der Waals surface area contributed by atoms with E-state index < -0.39 is 0 Å². The molecule has 2 heterocycles. The molecule has 2 aromatic heterocycles. The van der Waals surface area contributed by atoms with Gasteiger partial charge >= 0.3 is 0 Å². The molecule has 0 unspecified atom stereocenters. The molecule has 3 N–H and O–H groups in total. The maximum Gasteiger partial charge on any atom is 0.231 e. The van der Waals surface area contributed by atoms with Gasteiger partial charge in [-0.15, -0.1) is 0 Å². The maximum atomic E-state index is 12.2. The van der Waals surface area contributed by atoms with E-state index in [0.29, 0.717) is 18.1 Å². The number of nitrogens with two attached hydrogens (primary N) is 1. The number of rotatable bonds is 4. The molecule has 1 saturated carbocycles. The zero-order chi connectivity index (χ0) is 13.3. The summed E-state index contributed by atoms with van der Waals surface area (Å²) in [6.07, 6.45) is 6.83. The second-order valence-corrected chi connectivity index (χ2v) is 4.76. The predicted molar refractivity (Wildman–Crippen MR) is 70.7 cm³/mol. The van der Waals surface area contributed by atoms with Gasteiger partial charge in [0.15, 0.2) is 5.82 Å². The number of aromatic nitrogens is 3. The molecule has 1 aliphatic carbocycles. The minimum atomic E-state index is -0.378. The van der Waals surface area contributed by atoms with Gasteiger partial charge in [0.05, 0.1) is 11.1 Å². The van der Waals surface area contributed by atoms with Crippen LogP contribution in [0.4, 0.5) is 5.69 Å². The quantitative estimate of drug-likeness (QED) is 0.853. The highest BCUT2D eigenvalue weighted by Gasteiger charge is 2.48. The Hall–Kier alpha value is -2.21. The fourth-order valence-corrected chi connectivity index (χ4v) is 2.00. The number of nitrogens with zero attached hydrogens (tertiary/aromatic N) is 3. The summed E-state index contributed by atoms with van der Waals surface area (Å²) in [5, 5.41) is 7.04. The highest BCUT2D eigenvalue weighted by atomic mass is 16.2. The first-order chi connectivity index (χ1) is 9.25. The average Bonchev–Trinajstić information content (AvgIpc) is 3.06. The van der Waals surface area contributed by atoms with Gasteiger partial charge < -0.3 is 11.1 Å². The average molecular weight is 257 g/mol. The Balaban J connectivity index is 1.88. The highest BCUT2D eigenvalue weighted by molar-refractivity contribution is 5.98. The van der Waals surface area contributed by atoms with Crippen LogP contribution in [0.25, 0.3) is 5.82 Å². The van der Waals surface area contributed by atoms with E-state index >= 15 is 0 Å². The summed E-state index contributed by atoms with van der Waals surface area (Å²) in [4.78, 5) is 16.5. The third kappa shape index (κ3) is 2.10. The van der Waals surface area contributed by atoms with Crippen LogP contribution < -0.4 is 11.1 Å². The van der Waals surface area contributed by atoms with Crippen LogP contribution in [0.15, 0.2) is 36.8 Å². The summed E-state index contributed by atoms with van der Waals surface area (Å²) in [5.74, 6) is 0.574. The van der Waals surface area contributed by atoms with Gasteiger partial charge in [0.2, 0.25) is 5.91 Å². The van der Waals surface area contributed by atoms with E-state index in [1.54, 1.807) is 29.3 Å². The van der Waals surface area contributed by atoms with Crippen LogP contribution in [-0.2, 0) is 4.79 Å². The van der Waals surface area contributed by atoms with Gasteiger partial charge in [-0.2, -0.15) is 5.10 Å². The molecule has 2 aromatic rings. The first-order valence-corrected chi connectivity index (χ1v) is 6.22. The minimum Gasteiger partial charge on any atom is -0.329 e. The lowest BCUT2D eigenvalue weighted by atomic mass is 10.1. The molecule has 1 fully saturated rings. The van der Waals surface area contributed by atoms with E-state index in [0.717, 1.165) is 12.8 Å². The zero-order valence-corrected chi connectivity index (χ0v) is 10.4. The van der Waals surface area contributed by atoms with Gasteiger partial charge in [0.25, 0.3) is 0 Å². The lowest BCUT2D eigenvalue weighted by Gasteiger charge is -2.14. The fraction of sp³-hybridized carbons (Fsp3) is 0.308. The lowest BCUT2D eigenvalue weighted by Crippen LogP contribution is -2.31. The van der Waals surface area contributed by atoms with E-state index in [1.807, 2.05) is 12.1 Å². The van der Waals surface area contributed by atoms with Crippen molar-refractivity contribution in [2.24, 2.45) is 11.1 Å². The van der Waals surface area contributed by atoms with Crippen molar-refractivity contribution in [3.63, 3.8) is 0 Å². The summed E-state index contributed by atoms with van der Waals surface area (Å²) in [7, 11) is 0. The molecular weight excluding hydrogens is 242 g/mol. The van der Waals surface area contributed by atoms with Gasteiger partial charge in [-0.05, 0) is 31.0 Å². The van der Waals surface area contributed by atoms with Gasteiger partial charge in [-0.3, -0.25) is 4.79 Å². The van der Waals surface area contributed by atoms with Crippen LogP contribution in [0.5, 0.6) is 0 Å². The molecule has 0 aromatic carbocycles. The number of nitrogens with one attached hydrogen (secondary N) is 1. The first kappa shape index (κ1) is 11.9. The molecule has 6 heteroatoms. The molecule has 0 saturated heterocycles. The third-order valence-corrected chi connectivity index (χ3v) is 3.48. The Kier molecular flexibility index (Phi) is 2.79. The molecule has 0 aliphatic heterocycles. The van der Waals surface area contributed by atoms with Crippen molar-refractivity contribution in [3.05, 3.63) is 36.8 Å². The number of carbonyl (C=O) groups is 1. The van der Waals surface area contributed by atoms with Crippen molar-refractivity contribution in [1.82, 2.24) is 14.8 Å². The molecule has 6 nitrogen and oxygen atoms in total. The number of amides is 1. The Morgan fingerprint density at radius 3 is 2.89 bits per heavy atom. The molecule has 98 valence electrons. The largest absolute Gasteiger partial charge is 0.329 e. The third-order valence-electron chi connectivity index (χ3n) is 3.48. The second-order valence-electron chi connectivity index (χ2n) is 4.76. The van der Waals surface area contributed by atoms with Gasteiger partial charge in [-0.25, -0.2) is 9.67 Å². The molecule has 0 atom stereocenters. The standard InChI is InChI=1S/C13H15N5O/c14-9-13(4-5-13)12(19)17-10-3-1-6-15-11(10)18-8-2-7-16-18/h1-3,6-8H,4-5,9,14H2,(H,17,19). The number of carbonyl (C=O) groups excluding carboxylic acids is 1. The molecule has 3 rings (SSSR count). The van der Waals surface area contributed by atoms with Gasteiger partial charge in [0.1, 0.15) is 0 Å². The molecular formula is C13H15N5O. The summed E-state index contributed by atoms with van der Waals surface area (Å²) in [6, 6.07) is 5.40. The Morgan fingerprint density at radius 1 is 1.42 bits per heavy atom. The Labute approximate surface area is 110 Å². The highest BCUT2D eigenvalue weighted by Crippen LogP contribution is 2.45. The van der Waals surface area contributed by atoms with Crippen molar-refractivity contribution in [1.29, 1.82) is 0 Å². The van der Waals surface area contributed by atoms with Gasteiger partial charge in [0, 0.05) is 25.1 Å². The lowest BCUT2D eigenvalue weighted by molar-refractivity contribution is -0.120. The molecule has 1 amide bonds. The van der Waals surface area contributed by atoms with E-state index in [4.69, 9.17) is 5.73 Å². The van der Waals surface area contributed by atoms with Gasteiger partial charge in [-0.1, -0.05) is 0 Å². The molecule has 0 bridgehead atoms. The summed E-state index contributed by atoms with van der Waals surface area (Å²) in [5.41, 5.74) is 5.93. The monoisotopic (exact) mass is 257 g/mol. The Bertz CT molecular complexity index is 589. The van der Waals surface area contributed by atoms with Crippen molar-refractivity contribution < 1.29 is 4.79 Å². The molecule has 19 heavy (non-hydrogen) atoms. The van der Waals surface area contributed by atoms with Crippen LogP contribution in [0.1, 0.15) is 12.8 Å². The van der Waals surface area contributed by atoms with Crippen LogP contribution in [-0.4, -0.2) is 27.2 Å². The number of hydrogen-bond donors (Lipinski definition) is 2. The topological polar surface area (TPSA) is 85.8 Å². The summed E-state index contributed by atoms with van der Waals surface area (Å²) in [6.45, 7) is 0.385. The number of pyridine rings is 1. The van der Waals surface area contributed by atoms with Crippen LogP contribution in [0.2, 0.25) is 0 Å². The SMILES string of the molecule is NCC1(C(=O)Nc2cccnc2-n2cccn2)CC1. The number of anilines is 1. The maximum absolute atomic E-state index is 12.2. The van der Waals surface area contributed by atoms with E-state index in [2.05, 4.69) is 15.4 Å².